The van der Waals surface area contributed by atoms with Crippen LogP contribution in [0.2, 0.25) is 0 Å². The van der Waals surface area contributed by atoms with Crippen molar-refractivity contribution in [3.8, 4) is 5.75 Å². The lowest BCUT2D eigenvalue weighted by atomic mass is 9.66. The van der Waals surface area contributed by atoms with Crippen LogP contribution in [0.15, 0.2) is 36.1 Å². The van der Waals surface area contributed by atoms with Crippen molar-refractivity contribution in [3.63, 3.8) is 0 Å². The molecule has 0 amide bonds. The molecule has 4 atom stereocenters. The van der Waals surface area contributed by atoms with Gasteiger partial charge in [0, 0.05) is 0 Å². The van der Waals surface area contributed by atoms with Crippen LogP contribution in [0.1, 0.15) is 44.1 Å². The Morgan fingerprint density at radius 1 is 1.26 bits per heavy atom. The summed E-state index contributed by atoms with van der Waals surface area (Å²) < 4.78 is 10.8. The maximum absolute atomic E-state index is 5.41. The zero-order valence-corrected chi connectivity index (χ0v) is 14.4. The number of hydrogen-bond donors (Lipinski definition) is 0. The summed E-state index contributed by atoms with van der Waals surface area (Å²) in [6.07, 6.45) is 11.5. The lowest BCUT2D eigenvalue weighted by molar-refractivity contribution is 0.177. The van der Waals surface area contributed by atoms with Gasteiger partial charge >= 0.3 is 0 Å². The maximum atomic E-state index is 5.41. The average molecular weight is 312 g/mol. The van der Waals surface area contributed by atoms with Gasteiger partial charge in [0.2, 0.25) is 0 Å². The highest BCUT2D eigenvalue weighted by molar-refractivity contribution is 5.29. The summed E-state index contributed by atoms with van der Waals surface area (Å²) in [7, 11) is 3.54. The molecule has 0 heterocycles. The molecule has 3 saturated carbocycles. The highest BCUT2D eigenvalue weighted by atomic mass is 16.5. The minimum Gasteiger partial charge on any atom is -0.504 e. The third kappa shape index (κ3) is 2.56. The predicted molar refractivity (Wildman–Crippen MR) is 92.4 cm³/mol. The quantitative estimate of drug-likeness (QED) is 0.714. The Morgan fingerprint density at radius 3 is 2.96 bits per heavy atom. The van der Waals surface area contributed by atoms with Crippen LogP contribution in [-0.4, -0.2) is 14.2 Å². The Morgan fingerprint density at radius 2 is 2.17 bits per heavy atom. The largest absolute Gasteiger partial charge is 0.504 e. The summed E-state index contributed by atoms with van der Waals surface area (Å²) in [6.45, 7) is 0. The number of rotatable bonds is 5. The summed E-state index contributed by atoms with van der Waals surface area (Å²) in [5.74, 6) is 3.66. The lowest BCUT2D eigenvalue weighted by Gasteiger charge is -2.38. The van der Waals surface area contributed by atoms with E-state index in [9.17, 15) is 0 Å². The highest BCUT2D eigenvalue weighted by Crippen LogP contribution is 2.73. The topological polar surface area (TPSA) is 18.5 Å². The van der Waals surface area contributed by atoms with E-state index in [-0.39, 0.29) is 0 Å². The van der Waals surface area contributed by atoms with Crippen molar-refractivity contribution in [1.29, 1.82) is 0 Å². The number of hydrogen-bond acceptors (Lipinski definition) is 2. The van der Waals surface area contributed by atoms with Crippen LogP contribution in [0.4, 0.5) is 0 Å². The van der Waals surface area contributed by atoms with Gasteiger partial charge in [-0.25, -0.2) is 0 Å². The molecule has 0 N–H and O–H groups in total. The van der Waals surface area contributed by atoms with Crippen molar-refractivity contribution in [3.05, 3.63) is 41.7 Å². The first kappa shape index (κ1) is 15.1. The van der Waals surface area contributed by atoms with Crippen molar-refractivity contribution in [2.24, 2.45) is 23.2 Å². The summed E-state index contributed by atoms with van der Waals surface area (Å²) in [4.78, 5) is 0. The fourth-order valence-electron chi connectivity index (χ4n) is 5.66. The fraction of sp³-hybridized carbons (Fsp3) is 0.619. The van der Waals surface area contributed by atoms with Crippen LogP contribution in [-0.2, 0) is 11.2 Å². The molecule has 23 heavy (non-hydrogen) atoms. The molecule has 0 bridgehead atoms. The van der Waals surface area contributed by atoms with E-state index in [1.807, 2.05) is 6.07 Å². The standard InChI is InChI=1S/C21H28O2/c1-22-14-16-10-11-21-13-17(21)7-9-20(21)19(16)8-6-15-4-3-5-18(12-15)23-2/h3-5,12,14,17,19-20H,6-11,13H2,1-2H3. The van der Waals surface area contributed by atoms with Gasteiger partial charge in [-0.1, -0.05) is 12.1 Å². The molecule has 2 heteroatoms. The Hall–Kier alpha value is -1.44. The first-order valence-corrected chi connectivity index (χ1v) is 9.11. The molecule has 1 aromatic carbocycles. The number of allylic oxidation sites excluding steroid dienone is 1. The number of aryl methyl sites for hydroxylation is 1. The minimum absolute atomic E-state index is 0.724. The molecule has 3 fully saturated rings. The zero-order valence-electron chi connectivity index (χ0n) is 14.4. The molecule has 0 radical (unpaired) electrons. The van der Waals surface area contributed by atoms with Crippen molar-refractivity contribution in [2.75, 3.05) is 14.2 Å². The summed E-state index contributed by atoms with van der Waals surface area (Å²) in [6, 6.07) is 8.55. The monoisotopic (exact) mass is 312 g/mol. The summed E-state index contributed by atoms with van der Waals surface area (Å²) in [5, 5.41) is 0. The van der Waals surface area contributed by atoms with Gasteiger partial charge in [-0.2, -0.15) is 0 Å². The zero-order chi connectivity index (χ0) is 15.9. The average Bonchev–Trinajstić information content (AvgIpc) is 3.17. The van der Waals surface area contributed by atoms with Crippen LogP contribution in [0.3, 0.4) is 0 Å². The third-order valence-electron chi connectivity index (χ3n) is 6.83. The maximum Gasteiger partial charge on any atom is 0.119 e. The molecular weight excluding hydrogens is 284 g/mol. The SMILES string of the molecule is COC=C1CCC23CC2CCC3C1CCc1cccc(OC)c1. The molecule has 2 nitrogen and oxygen atoms in total. The summed E-state index contributed by atoms with van der Waals surface area (Å²) in [5.41, 5.74) is 3.69. The Balaban J connectivity index is 1.51. The summed E-state index contributed by atoms with van der Waals surface area (Å²) >= 11 is 0. The first-order valence-electron chi connectivity index (χ1n) is 9.11. The second-order valence-electron chi connectivity index (χ2n) is 7.74. The molecule has 0 saturated heterocycles. The van der Waals surface area contributed by atoms with Crippen LogP contribution >= 0.6 is 0 Å². The van der Waals surface area contributed by atoms with Gasteiger partial charge in [-0.05, 0) is 91.4 Å². The predicted octanol–water partition coefficient (Wildman–Crippen LogP) is 4.98. The smallest absolute Gasteiger partial charge is 0.119 e. The number of benzene rings is 1. The molecule has 4 rings (SSSR count). The van der Waals surface area contributed by atoms with Gasteiger partial charge in [0.1, 0.15) is 5.75 Å². The van der Waals surface area contributed by atoms with Crippen LogP contribution in [0.25, 0.3) is 0 Å². The van der Waals surface area contributed by atoms with E-state index in [2.05, 4.69) is 24.5 Å². The second kappa shape index (κ2) is 5.89. The van der Waals surface area contributed by atoms with E-state index in [0.29, 0.717) is 0 Å². The Bertz CT molecular complexity index is 606. The lowest BCUT2D eigenvalue weighted by Crippen LogP contribution is -2.30. The van der Waals surface area contributed by atoms with Crippen molar-refractivity contribution in [2.45, 2.75) is 44.9 Å². The molecule has 0 aliphatic heterocycles. The van der Waals surface area contributed by atoms with Gasteiger partial charge in [-0.15, -0.1) is 0 Å². The van der Waals surface area contributed by atoms with Gasteiger partial charge < -0.3 is 9.47 Å². The third-order valence-corrected chi connectivity index (χ3v) is 6.83. The van der Waals surface area contributed by atoms with Gasteiger partial charge in [0.25, 0.3) is 0 Å². The van der Waals surface area contributed by atoms with Crippen LogP contribution in [0, 0.1) is 23.2 Å². The molecule has 0 aromatic heterocycles. The number of methoxy groups -OCH3 is 2. The van der Waals surface area contributed by atoms with Gasteiger partial charge in [-0.3, -0.25) is 0 Å². The van der Waals surface area contributed by atoms with Crippen molar-refractivity contribution < 1.29 is 9.47 Å². The van der Waals surface area contributed by atoms with Crippen LogP contribution < -0.4 is 4.74 Å². The fourth-order valence-corrected chi connectivity index (χ4v) is 5.66. The van der Waals surface area contributed by atoms with E-state index in [1.165, 1.54) is 44.1 Å². The molecule has 3 aliphatic rings. The number of ether oxygens (including phenoxy) is 2. The normalized spacial score (nSPS) is 36.4. The van der Waals surface area contributed by atoms with E-state index in [0.717, 1.165) is 35.3 Å². The van der Waals surface area contributed by atoms with E-state index < -0.39 is 0 Å². The van der Waals surface area contributed by atoms with Crippen molar-refractivity contribution in [1.82, 2.24) is 0 Å². The Kier molecular flexibility index (Phi) is 3.87. The first-order chi connectivity index (χ1) is 11.3. The molecule has 124 valence electrons. The second-order valence-corrected chi connectivity index (χ2v) is 7.74. The molecular formula is C21H28O2. The van der Waals surface area contributed by atoms with Crippen LogP contribution in [0.5, 0.6) is 5.75 Å². The molecule has 3 aliphatic carbocycles. The Labute approximate surface area is 139 Å². The molecule has 1 aromatic rings. The van der Waals surface area contributed by atoms with Gasteiger partial charge in [0.05, 0.1) is 20.5 Å². The highest BCUT2D eigenvalue weighted by Gasteiger charge is 2.65. The molecule has 1 spiro atoms. The van der Waals surface area contributed by atoms with E-state index in [1.54, 1.807) is 19.8 Å². The van der Waals surface area contributed by atoms with Crippen molar-refractivity contribution >= 4 is 0 Å². The van der Waals surface area contributed by atoms with E-state index in [4.69, 9.17) is 9.47 Å². The van der Waals surface area contributed by atoms with Gasteiger partial charge in [0.15, 0.2) is 0 Å². The van der Waals surface area contributed by atoms with E-state index >= 15 is 0 Å². The minimum atomic E-state index is 0.724. The molecule has 4 unspecified atom stereocenters.